The van der Waals surface area contributed by atoms with Crippen molar-refractivity contribution in [2.75, 3.05) is 41.3 Å². The third kappa shape index (κ3) is 3.86. The van der Waals surface area contributed by atoms with Crippen molar-refractivity contribution in [2.45, 2.75) is 6.92 Å². The van der Waals surface area contributed by atoms with Crippen molar-refractivity contribution in [3.63, 3.8) is 0 Å². The molecule has 4 rings (SSSR count). The molecule has 28 heavy (non-hydrogen) atoms. The summed E-state index contributed by atoms with van der Waals surface area (Å²) in [5.41, 5.74) is 3.79. The molecule has 7 heteroatoms. The molecule has 0 spiro atoms. The van der Waals surface area contributed by atoms with Crippen LogP contribution in [0.2, 0.25) is 0 Å². The third-order valence-corrected chi connectivity index (χ3v) is 4.79. The Bertz CT molecular complexity index is 1000. The minimum atomic E-state index is 0.564. The number of benzene rings is 2. The van der Waals surface area contributed by atoms with E-state index in [0.29, 0.717) is 23.0 Å². The fourth-order valence-corrected chi connectivity index (χ4v) is 3.31. The van der Waals surface area contributed by atoms with Crippen molar-refractivity contribution in [1.29, 1.82) is 5.26 Å². The average molecular weight is 371 g/mol. The number of rotatable bonds is 4. The van der Waals surface area contributed by atoms with Gasteiger partial charge in [-0.3, -0.25) is 0 Å². The van der Waals surface area contributed by atoms with Gasteiger partial charge < -0.3 is 15.1 Å². The molecule has 1 saturated heterocycles. The van der Waals surface area contributed by atoms with Crippen LogP contribution in [-0.2, 0) is 0 Å². The van der Waals surface area contributed by atoms with Gasteiger partial charge in [-0.05, 0) is 36.8 Å². The van der Waals surface area contributed by atoms with E-state index in [1.54, 1.807) is 12.3 Å². The highest BCUT2D eigenvalue weighted by Crippen LogP contribution is 2.22. The van der Waals surface area contributed by atoms with E-state index in [1.807, 2.05) is 18.2 Å². The molecule has 0 unspecified atom stereocenters. The van der Waals surface area contributed by atoms with E-state index >= 15 is 0 Å². The van der Waals surface area contributed by atoms with Crippen molar-refractivity contribution in [3.8, 4) is 6.07 Å². The van der Waals surface area contributed by atoms with Crippen LogP contribution in [0, 0.1) is 18.3 Å². The van der Waals surface area contributed by atoms with Crippen LogP contribution in [0.5, 0.6) is 0 Å². The molecule has 7 nitrogen and oxygen atoms in total. The SMILES string of the molecule is Cc1cccc(N2CCN(c3nncc(Nc4ccccc4C#N)n3)CC2)c1. The van der Waals surface area contributed by atoms with Crippen LogP contribution in [0.25, 0.3) is 0 Å². The molecule has 3 aromatic rings. The first-order chi connectivity index (χ1) is 13.7. The normalized spacial score (nSPS) is 13.9. The van der Waals surface area contributed by atoms with Gasteiger partial charge in [0.15, 0.2) is 5.82 Å². The van der Waals surface area contributed by atoms with Gasteiger partial charge in [0.2, 0.25) is 5.95 Å². The lowest BCUT2D eigenvalue weighted by molar-refractivity contribution is 0.635. The summed E-state index contributed by atoms with van der Waals surface area (Å²) in [5, 5.41) is 20.7. The third-order valence-electron chi connectivity index (χ3n) is 4.79. The second-order valence-electron chi connectivity index (χ2n) is 6.74. The van der Waals surface area contributed by atoms with E-state index in [2.05, 4.69) is 67.6 Å². The van der Waals surface area contributed by atoms with E-state index in [4.69, 9.17) is 0 Å². The summed E-state index contributed by atoms with van der Waals surface area (Å²) in [6, 6.07) is 18.1. The predicted molar refractivity (Wildman–Crippen MR) is 110 cm³/mol. The molecule has 1 aliphatic heterocycles. The predicted octanol–water partition coefficient (Wildman–Crippen LogP) is 3.12. The molecule has 0 aliphatic carbocycles. The molecule has 1 fully saturated rings. The van der Waals surface area contributed by atoms with E-state index in [0.717, 1.165) is 26.2 Å². The number of hydrogen-bond acceptors (Lipinski definition) is 7. The van der Waals surface area contributed by atoms with E-state index in [9.17, 15) is 5.26 Å². The highest BCUT2D eigenvalue weighted by molar-refractivity contribution is 5.64. The van der Waals surface area contributed by atoms with Gasteiger partial charge in [-0.1, -0.05) is 24.3 Å². The Morgan fingerprint density at radius 1 is 1.00 bits per heavy atom. The average Bonchev–Trinajstić information content (AvgIpc) is 2.74. The molecule has 1 N–H and O–H groups in total. The van der Waals surface area contributed by atoms with Crippen molar-refractivity contribution in [2.24, 2.45) is 0 Å². The van der Waals surface area contributed by atoms with E-state index in [1.165, 1.54) is 11.3 Å². The van der Waals surface area contributed by atoms with Crippen molar-refractivity contribution in [3.05, 3.63) is 65.9 Å². The lowest BCUT2D eigenvalue weighted by Crippen LogP contribution is -2.47. The lowest BCUT2D eigenvalue weighted by atomic mass is 10.2. The molecule has 0 atom stereocenters. The first-order valence-electron chi connectivity index (χ1n) is 9.25. The second-order valence-corrected chi connectivity index (χ2v) is 6.74. The van der Waals surface area contributed by atoms with Crippen LogP contribution in [0.4, 0.5) is 23.1 Å². The number of nitrogens with one attached hydrogen (secondary N) is 1. The fraction of sp³-hybridized carbons (Fsp3) is 0.238. The first kappa shape index (κ1) is 17.7. The maximum Gasteiger partial charge on any atom is 0.247 e. The molecule has 0 bridgehead atoms. The number of aryl methyl sites for hydroxylation is 1. The van der Waals surface area contributed by atoms with Gasteiger partial charge in [-0.25, -0.2) is 0 Å². The molecule has 1 aliphatic rings. The Kier molecular flexibility index (Phi) is 5.02. The number of piperazine rings is 1. The molecular weight excluding hydrogens is 350 g/mol. The number of hydrogen-bond donors (Lipinski definition) is 1. The highest BCUT2D eigenvalue weighted by Gasteiger charge is 2.20. The number of nitrogens with zero attached hydrogens (tertiary/aromatic N) is 6. The smallest absolute Gasteiger partial charge is 0.247 e. The van der Waals surface area contributed by atoms with Crippen molar-refractivity contribution < 1.29 is 0 Å². The monoisotopic (exact) mass is 371 g/mol. The van der Waals surface area contributed by atoms with Crippen LogP contribution < -0.4 is 15.1 Å². The van der Waals surface area contributed by atoms with Gasteiger partial charge in [-0.2, -0.15) is 15.3 Å². The zero-order valence-electron chi connectivity index (χ0n) is 15.7. The molecule has 2 aromatic carbocycles. The van der Waals surface area contributed by atoms with Crippen LogP contribution in [0.3, 0.4) is 0 Å². The number of nitriles is 1. The summed E-state index contributed by atoms with van der Waals surface area (Å²) in [6.07, 6.45) is 1.57. The number of aromatic nitrogens is 3. The molecule has 2 heterocycles. The zero-order chi connectivity index (χ0) is 19.3. The Hall–Kier alpha value is -3.66. The molecule has 0 radical (unpaired) electrons. The van der Waals surface area contributed by atoms with E-state index < -0.39 is 0 Å². The summed E-state index contributed by atoms with van der Waals surface area (Å²) < 4.78 is 0. The summed E-state index contributed by atoms with van der Waals surface area (Å²) >= 11 is 0. The molecule has 1 aromatic heterocycles. The Labute approximate surface area is 164 Å². The largest absolute Gasteiger partial charge is 0.368 e. The maximum absolute atomic E-state index is 9.24. The van der Waals surface area contributed by atoms with Gasteiger partial charge in [0.25, 0.3) is 0 Å². The molecule has 140 valence electrons. The highest BCUT2D eigenvalue weighted by atomic mass is 15.4. The second kappa shape index (κ2) is 7.92. The Morgan fingerprint density at radius 3 is 2.57 bits per heavy atom. The Morgan fingerprint density at radius 2 is 1.79 bits per heavy atom. The van der Waals surface area contributed by atoms with Crippen LogP contribution in [0.1, 0.15) is 11.1 Å². The summed E-state index contributed by atoms with van der Waals surface area (Å²) in [5.74, 6) is 1.18. The van der Waals surface area contributed by atoms with Crippen LogP contribution in [-0.4, -0.2) is 41.4 Å². The lowest BCUT2D eigenvalue weighted by Gasteiger charge is -2.36. The van der Waals surface area contributed by atoms with Gasteiger partial charge >= 0.3 is 0 Å². The molecule has 0 amide bonds. The quantitative estimate of drug-likeness (QED) is 0.754. The van der Waals surface area contributed by atoms with Crippen molar-refractivity contribution in [1.82, 2.24) is 15.2 Å². The maximum atomic E-state index is 9.24. The van der Waals surface area contributed by atoms with E-state index in [-0.39, 0.29) is 0 Å². The first-order valence-corrected chi connectivity index (χ1v) is 9.25. The minimum absolute atomic E-state index is 0.564. The van der Waals surface area contributed by atoms with Crippen LogP contribution >= 0.6 is 0 Å². The van der Waals surface area contributed by atoms with Gasteiger partial charge in [0, 0.05) is 31.9 Å². The zero-order valence-corrected chi connectivity index (χ0v) is 15.7. The molecule has 0 saturated carbocycles. The standard InChI is InChI=1S/C21H21N7/c1-16-5-4-7-18(13-16)27-9-11-28(12-10-27)21-25-20(15-23-26-21)24-19-8-3-2-6-17(19)14-22/h2-8,13,15H,9-12H2,1H3,(H,24,25,26). The minimum Gasteiger partial charge on any atom is -0.368 e. The fourth-order valence-electron chi connectivity index (χ4n) is 3.31. The van der Waals surface area contributed by atoms with Crippen molar-refractivity contribution >= 4 is 23.1 Å². The van der Waals surface area contributed by atoms with Gasteiger partial charge in [-0.15, -0.1) is 5.10 Å². The summed E-state index contributed by atoms with van der Waals surface area (Å²) in [4.78, 5) is 9.11. The number of para-hydroxylation sites is 1. The Balaban J connectivity index is 1.45. The van der Waals surface area contributed by atoms with Gasteiger partial charge in [0.1, 0.15) is 6.07 Å². The van der Waals surface area contributed by atoms with Gasteiger partial charge in [0.05, 0.1) is 17.4 Å². The molecular formula is C21H21N7. The topological polar surface area (TPSA) is 81.0 Å². The summed E-state index contributed by atoms with van der Waals surface area (Å²) in [6.45, 7) is 5.58. The summed E-state index contributed by atoms with van der Waals surface area (Å²) in [7, 11) is 0. The number of anilines is 4. The van der Waals surface area contributed by atoms with Crippen LogP contribution in [0.15, 0.2) is 54.7 Å².